The Hall–Kier alpha value is -1.88. The molecular weight excluding hydrogens is 290 g/mol. The van der Waals surface area contributed by atoms with Gasteiger partial charge in [-0.15, -0.1) is 11.6 Å². The maximum atomic E-state index is 12.5. The zero-order valence-corrected chi connectivity index (χ0v) is 13.1. The molecule has 6 heteroatoms. The Morgan fingerprint density at radius 2 is 2.00 bits per heavy atom. The Balaban J connectivity index is 2.45. The molecule has 5 nitrogen and oxygen atoms in total. The molecule has 2 rings (SSSR count). The van der Waals surface area contributed by atoms with E-state index in [0.29, 0.717) is 16.7 Å². The maximum absolute atomic E-state index is 12.5. The summed E-state index contributed by atoms with van der Waals surface area (Å²) in [6.45, 7) is 5.56. The summed E-state index contributed by atoms with van der Waals surface area (Å²) >= 11 is 5.87. The number of carbonyl (C=O) groups is 1. The van der Waals surface area contributed by atoms with Gasteiger partial charge in [-0.2, -0.15) is 0 Å². The van der Waals surface area contributed by atoms with Gasteiger partial charge in [-0.1, -0.05) is 12.1 Å². The van der Waals surface area contributed by atoms with Gasteiger partial charge in [0.1, 0.15) is 12.4 Å². The number of nitrogens with one attached hydrogen (secondary N) is 1. The number of alkyl halides is 1. The molecule has 1 heterocycles. The van der Waals surface area contributed by atoms with Crippen molar-refractivity contribution in [3.8, 4) is 0 Å². The molecule has 2 aromatic rings. The third-order valence-electron chi connectivity index (χ3n) is 2.88. The zero-order chi connectivity index (χ0) is 15.6. The number of amides is 1. The molecule has 0 atom stereocenters. The molecule has 21 heavy (non-hydrogen) atoms. The number of aromatic nitrogens is 2. The van der Waals surface area contributed by atoms with Crippen LogP contribution in [0, 0.1) is 0 Å². The summed E-state index contributed by atoms with van der Waals surface area (Å²) < 4.78 is 1.33. The zero-order valence-electron chi connectivity index (χ0n) is 12.3. The van der Waals surface area contributed by atoms with Crippen LogP contribution in [0.5, 0.6) is 0 Å². The van der Waals surface area contributed by atoms with E-state index in [-0.39, 0.29) is 29.4 Å². The number of fused-ring (bicyclic) bond motifs is 1. The van der Waals surface area contributed by atoms with Crippen molar-refractivity contribution in [1.82, 2.24) is 14.9 Å². The smallest absolute Gasteiger partial charge is 0.261 e. The van der Waals surface area contributed by atoms with E-state index in [2.05, 4.69) is 10.3 Å². The first-order valence-corrected chi connectivity index (χ1v) is 7.21. The quantitative estimate of drug-likeness (QED) is 0.883. The van der Waals surface area contributed by atoms with Crippen molar-refractivity contribution in [2.24, 2.45) is 0 Å². The highest BCUT2D eigenvalue weighted by Crippen LogP contribution is 2.09. The van der Waals surface area contributed by atoms with Crippen molar-refractivity contribution >= 4 is 28.4 Å². The normalized spacial score (nSPS) is 11.6. The fraction of sp³-hybridized carbons (Fsp3) is 0.400. The lowest BCUT2D eigenvalue weighted by Gasteiger charge is -2.21. The number of rotatable bonds is 3. The van der Waals surface area contributed by atoms with Crippen LogP contribution in [0.1, 0.15) is 26.6 Å². The van der Waals surface area contributed by atoms with Gasteiger partial charge in [-0.25, -0.2) is 4.98 Å². The first-order chi connectivity index (χ1) is 9.81. The Morgan fingerprint density at radius 1 is 1.33 bits per heavy atom. The second kappa shape index (κ2) is 5.85. The van der Waals surface area contributed by atoms with Crippen LogP contribution in [-0.2, 0) is 17.2 Å². The number of hydrogen-bond acceptors (Lipinski definition) is 3. The molecule has 1 aromatic carbocycles. The van der Waals surface area contributed by atoms with Crippen LogP contribution in [0.2, 0.25) is 0 Å². The molecule has 0 saturated heterocycles. The van der Waals surface area contributed by atoms with E-state index in [1.807, 2.05) is 26.8 Å². The summed E-state index contributed by atoms with van der Waals surface area (Å²) in [5.74, 6) is 0.223. The summed E-state index contributed by atoms with van der Waals surface area (Å²) in [6.07, 6.45) is 0. The van der Waals surface area contributed by atoms with Gasteiger partial charge in [-0.05, 0) is 32.9 Å². The first kappa shape index (κ1) is 15.5. The molecule has 0 saturated carbocycles. The van der Waals surface area contributed by atoms with E-state index in [0.717, 1.165) is 0 Å². The van der Waals surface area contributed by atoms with E-state index in [1.54, 1.807) is 18.2 Å². The predicted molar refractivity (Wildman–Crippen MR) is 83.5 cm³/mol. The molecule has 0 bridgehead atoms. The van der Waals surface area contributed by atoms with Gasteiger partial charge in [0.05, 0.1) is 16.8 Å². The third-order valence-corrected chi connectivity index (χ3v) is 3.12. The standard InChI is InChI=1S/C15H18ClN3O2/c1-15(2,3)18-13(20)9-19-12(8-16)17-11-7-5-4-6-10(11)14(19)21/h4-7H,8-9H2,1-3H3,(H,18,20). The van der Waals surface area contributed by atoms with Crippen molar-refractivity contribution in [3.05, 3.63) is 40.4 Å². The van der Waals surface area contributed by atoms with E-state index >= 15 is 0 Å². The first-order valence-electron chi connectivity index (χ1n) is 6.67. The van der Waals surface area contributed by atoms with Crippen LogP contribution in [0.3, 0.4) is 0 Å². The van der Waals surface area contributed by atoms with Gasteiger partial charge in [0.25, 0.3) is 5.56 Å². The predicted octanol–water partition coefficient (Wildman–Crippen LogP) is 2.05. The summed E-state index contributed by atoms with van der Waals surface area (Å²) in [7, 11) is 0. The van der Waals surface area contributed by atoms with Gasteiger partial charge >= 0.3 is 0 Å². The summed E-state index contributed by atoms with van der Waals surface area (Å²) in [5, 5.41) is 3.31. The number of nitrogens with zero attached hydrogens (tertiary/aromatic N) is 2. The highest BCUT2D eigenvalue weighted by molar-refractivity contribution is 6.16. The number of hydrogen-bond donors (Lipinski definition) is 1. The SMILES string of the molecule is CC(C)(C)NC(=O)Cn1c(CCl)nc2ccccc2c1=O. The van der Waals surface area contributed by atoms with Crippen molar-refractivity contribution in [3.63, 3.8) is 0 Å². The number of benzene rings is 1. The minimum Gasteiger partial charge on any atom is -0.350 e. The molecule has 0 aliphatic heterocycles. The van der Waals surface area contributed by atoms with Gasteiger partial charge in [0.15, 0.2) is 0 Å². The van der Waals surface area contributed by atoms with Crippen molar-refractivity contribution in [1.29, 1.82) is 0 Å². The average Bonchev–Trinajstić information content (AvgIpc) is 2.39. The molecule has 0 radical (unpaired) electrons. The highest BCUT2D eigenvalue weighted by atomic mass is 35.5. The molecule has 1 amide bonds. The Kier molecular flexibility index (Phi) is 4.32. The molecule has 0 fully saturated rings. The lowest BCUT2D eigenvalue weighted by Crippen LogP contribution is -2.44. The van der Waals surface area contributed by atoms with Gasteiger partial charge in [-0.3, -0.25) is 14.2 Å². The van der Waals surface area contributed by atoms with Crippen LogP contribution in [0.15, 0.2) is 29.1 Å². The molecule has 0 spiro atoms. The van der Waals surface area contributed by atoms with Crippen LogP contribution in [0.4, 0.5) is 0 Å². The Bertz CT molecular complexity index is 732. The van der Waals surface area contributed by atoms with Crippen molar-refractivity contribution in [2.45, 2.75) is 38.7 Å². The lowest BCUT2D eigenvalue weighted by atomic mass is 10.1. The number of carbonyl (C=O) groups excluding carboxylic acids is 1. The molecular formula is C15H18ClN3O2. The highest BCUT2D eigenvalue weighted by Gasteiger charge is 2.17. The fourth-order valence-corrected chi connectivity index (χ4v) is 2.28. The van der Waals surface area contributed by atoms with E-state index in [9.17, 15) is 9.59 Å². The average molecular weight is 308 g/mol. The number of halogens is 1. The topological polar surface area (TPSA) is 64.0 Å². The summed E-state index contributed by atoms with van der Waals surface area (Å²) in [6, 6.07) is 7.03. The molecule has 0 unspecified atom stereocenters. The minimum absolute atomic E-state index is 0.0723. The third kappa shape index (κ3) is 3.61. The van der Waals surface area contributed by atoms with Crippen LogP contribution >= 0.6 is 11.6 Å². The van der Waals surface area contributed by atoms with Crippen LogP contribution in [-0.4, -0.2) is 21.0 Å². The molecule has 0 aliphatic carbocycles. The van der Waals surface area contributed by atoms with E-state index in [1.165, 1.54) is 4.57 Å². The monoisotopic (exact) mass is 307 g/mol. The number of para-hydroxylation sites is 1. The van der Waals surface area contributed by atoms with Crippen molar-refractivity contribution < 1.29 is 4.79 Å². The second-order valence-electron chi connectivity index (χ2n) is 5.87. The second-order valence-corrected chi connectivity index (χ2v) is 6.14. The largest absolute Gasteiger partial charge is 0.350 e. The fourth-order valence-electron chi connectivity index (χ4n) is 2.08. The molecule has 1 N–H and O–H groups in total. The Labute approximate surface area is 127 Å². The maximum Gasteiger partial charge on any atom is 0.261 e. The van der Waals surface area contributed by atoms with Crippen LogP contribution in [0.25, 0.3) is 10.9 Å². The van der Waals surface area contributed by atoms with E-state index in [4.69, 9.17) is 11.6 Å². The van der Waals surface area contributed by atoms with Gasteiger partial charge in [0.2, 0.25) is 5.91 Å². The van der Waals surface area contributed by atoms with Gasteiger partial charge in [0, 0.05) is 5.54 Å². The lowest BCUT2D eigenvalue weighted by molar-refractivity contribution is -0.123. The summed E-state index contributed by atoms with van der Waals surface area (Å²) in [4.78, 5) is 28.9. The van der Waals surface area contributed by atoms with Crippen LogP contribution < -0.4 is 10.9 Å². The summed E-state index contributed by atoms with van der Waals surface area (Å²) in [5.41, 5.74) is -0.0162. The molecule has 112 valence electrons. The Morgan fingerprint density at radius 3 is 2.62 bits per heavy atom. The molecule has 0 aliphatic rings. The van der Waals surface area contributed by atoms with Crippen molar-refractivity contribution in [2.75, 3.05) is 0 Å². The van der Waals surface area contributed by atoms with Gasteiger partial charge < -0.3 is 5.32 Å². The van der Waals surface area contributed by atoms with E-state index < -0.39 is 0 Å². The minimum atomic E-state index is -0.355. The molecule has 1 aromatic heterocycles.